The van der Waals surface area contributed by atoms with Gasteiger partial charge in [0.15, 0.2) is 12.2 Å². The van der Waals surface area contributed by atoms with E-state index in [-0.39, 0.29) is 0 Å². The monoisotopic (exact) mass is 513 g/mol. The minimum atomic E-state index is -2.27. The van der Waals surface area contributed by atoms with Gasteiger partial charge in [-0.15, -0.1) is 11.3 Å². The van der Waals surface area contributed by atoms with Crippen LogP contribution in [0, 0.1) is 0 Å². The summed E-state index contributed by atoms with van der Waals surface area (Å²) >= 11 is 1.66. The van der Waals surface area contributed by atoms with E-state index in [1.807, 2.05) is 58.6 Å². The second kappa shape index (κ2) is 12.9. The van der Waals surface area contributed by atoms with Gasteiger partial charge in [0, 0.05) is 30.3 Å². The van der Waals surface area contributed by atoms with Crippen LogP contribution in [-0.2, 0) is 16.1 Å². The number of aliphatic hydroxyl groups is 2. The Morgan fingerprint density at radius 3 is 2.47 bits per heavy atom. The molecule has 13 heteroatoms. The zero-order chi connectivity index (χ0) is 25.9. The molecule has 5 N–H and O–H groups in total. The standard InChI is InChI=1S/C19H17N5OS.C4H6O6/c1-3-15(13-16(4-1)25-11-10-24-9-8-20-14-24)22-19-21-7-6-17(23-19)18-5-2-12-26-18;5-1(3(7)8)2(6)4(9)10/h1-9,12-14H,10-11H2,(H,21,22,23);1-2,5-6H,(H,7,8)(H,9,10). The number of carbonyl (C=O) groups is 2. The number of aliphatic hydroxyl groups excluding tert-OH is 2. The molecule has 4 aromatic rings. The Balaban J connectivity index is 0.000000308. The van der Waals surface area contributed by atoms with Crippen LogP contribution in [-0.4, -0.2) is 70.7 Å². The number of hydrogen-bond donors (Lipinski definition) is 5. The van der Waals surface area contributed by atoms with Gasteiger partial charge < -0.3 is 35.0 Å². The number of aliphatic carboxylic acids is 2. The van der Waals surface area contributed by atoms with Crippen LogP contribution in [0.1, 0.15) is 0 Å². The Hall–Kier alpha value is -4.33. The molecule has 0 bridgehead atoms. The molecule has 188 valence electrons. The van der Waals surface area contributed by atoms with Crippen LogP contribution < -0.4 is 10.1 Å². The Morgan fingerprint density at radius 2 is 1.83 bits per heavy atom. The molecular weight excluding hydrogens is 490 g/mol. The van der Waals surface area contributed by atoms with Crippen molar-refractivity contribution in [2.45, 2.75) is 18.8 Å². The molecule has 0 spiro atoms. The molecule has 0 saturated carbocycles. The number of imidazole rings is 1. The number of thiophene rings is 1. The van der Waals surface area contributed by atoms with Gasteiger partial charge in [0.05, 0.1) is 23.4 Å². The molecule has 0 radical (unpaired) electrons. The first kappa shape index (κ1) is 26.3. The summed E-state index contributed by atoms with van der Waals surface area (Å²) in [7, 11) is 0. The first-order chi connectivity index (χ1) is 17.3. The van der Waals surface area contributed by atoms with Gasteiger partial charge >= 0.3 is 11.9 Å². The number of benzene rings is 1. The van der Waals surface area contributed by atoms with Crippen LogP contribution in [0.15, 0.2) is 72.8 Å². The summed E-state index contributed by atoms with van der Waals surface area (Å²) in [5.74, 6) is -2.18. The summed E-state index contributed by atoms with van der Waals surface area (Å²) in [6, 6.07) is 13.7. The van der Waals surface area contributed by atoms with Crippen LogP contribution in [0.5, 0.6) is 5.75 Å². The fourth-order valence-electron chi connectivity index (χ4n) is 2.73. The van der Waals surface area contributed by atoms with Gasteiger partial charge in [-0.2, -0.15) is 0 Å². The second-order valence-electron chi connectivity index (χ2n) is 7.11. The molecule has 2 atom stereocenters. The molecule has 3 heterocycles. The van der Waals surface area contributed by atoms with Crippen molar-refractivity contribution in [1.29, 1.82) is 0 Å². The summed E-state index contributed by atoms with van der Waals surface area (Å²) in [6.07, 6.45) is 2.68. The van der Waals surface area contributed by atoms with E-state index >= 15 is 0 Å². The maximum atomic E-state index is 9.77. The molecule has 0 amide bonds. The van der Waals surface area contributed by atoms with E-state index in [0.717, 1.165) is 28.6 Å². The van der Waals surface area contributed by atoms with Crippen LogP contribution in [0.3, 0.4) is 0 Å². The van der Waals surface area contributed by atoms with Gasteiger partial charge in [0.1, 0.15) is 12.4 Å². The highest BCUT2D eigenvalue weighted by Gasteiger charge is 2.29. The number of hydrogen-bond acceptors (Lipinski definition) is 10. The van der Waals surface area contributed by atoms with Crippen molar-refractivity contribution in [3.05, 3.63) is 72.8 Å². The smallest absolute Gasteiger partial charge is 0.335 e. The molecular formula is C23H23N5O7S. The molecule has 4 rings (SSSR count). The molecule has 1 aromatic carbocycles. The number of anilines is 2. The SMILES string of the molecule is O=C(O)C(O)C(O)C(=O)O.c1cc(Nc2nccc(-c3cccs3)n2)cc(OCCn2ccnc2)c1. The van der Waals surface area contributed by atoms with Crippen LogP contribution in [0.2, 0.25) is 0 Å². The van der Waals surface area contributed by atoms with E-state index in [1.54, 1.807) is 30.1 Å². The topological polar surface area (TPSA) is 180 Å². The first-order valence-electron chi connectivity index (χ1n) is 10.5. The van der Waals surface area contributed by atoms with Crippen LogP contribution in [0.25, 0.3) is 10.6 Å². The number of carboxylic acids is 2. The maximum Gasteiger partial charge on any atom is 0.335 e. The van der Waals surface area contributed by atoms with E-state index in [0.29, 0.717) is 12.6 Å². The summed E-state index contributed by atoms with van der Waals surface area (Å²) in [4.78, 5) is 33.6. The molecule has 12 nitrogen and oxygen atoms in total. The number of rotatable bonds is 10. The number of nitrogens with zero attached hydrogens (tertiary/aromatic N) is 4. The van der Waals surface area contributed by atoms with Crippen molar-refractivity contribution in [1.82, 2.24) is 19.5 Å². The van der Waals surface area contributed by atoms with Gasteiger partial charge in [0.2, 0.25) is 5.95 Å². The predicted molar refractivity (Wildman–Crippen MR) is 130 cm³/mol. The van der Waals surface area contributed by atoms with E-state index in [1.165, 1.54) is 0 Å². The summed E-state index contributed by atoms with van der Waals surface area (Å²) in [5, 5.41) is 37.8. The lowest BCUT2D eigenvalue weighted by Gasteiger charge is -2.10. The molecule has 0 aliphatic heterocycles. The highest BCUT2D eigenvalue weighted by Crippen LogP contribution is 2.24. The largest absolute Gasteiger partial charge is 0.492 e. The quantitative estimate of drug-likeness (QED) is 0.209. The molecule has 0 aliphatic carbocycles. The minimum absolute atomic E-state index is 0.562. The fraction of sp³-hybridized carbons (Fsp3) is 0.174. The third-order valence-corrected chi connectivity index (χ3v) is 5.39. The zero-order valence-electron chi connectivity index (χ0n) is 18.7. The van der Waals surface area contributed by atoms with Gasteiger partial charge in [-0.25, -0.2) is 24.5 Å². The third-order valence-electron chi connectivity index (χ3n) is 4.50. The Labute approximate surface area is 209 Å². The van der Waals surface area contributed by atoms with E-state index in [2.05, 4.69) is 20.3 Å². The summed E-state index contributed by atoms with van der Waals surface area (Å²) < 4.78 is 7.79. The first-order valence-corrected chi connectivity index (χ1v) is 11.4. The lowest BCUT2D eigenvalue weighted by molar-refractivity contribution is -0.165. The summed E-state index contributed by atoms with van der Waals surface area (Å²) in [6.45, 7) is 1.33. The van der Waals surface area contributed by atoms with Crippen molar-refractivity contribution in [2.24, 2.45) is 0 Å². The fourth-order valence-corrected chi connectivity index (χ4v) is 3.43. The number of nitrogens with one attached hydrogen (secondary N) is 1. The lowest BCUT2D eigenvalue weighted by Crippen LogP contribution is -2.39. The van der Waals surface area contributed by atoms with Crippen LogP contribution >= 0.6 is 11.3 Å². The minimum Gasteiger partial charge on any atom is -0.492 e. The lowest BCUT2D eigenvalue weighted by atomic mass is 10.2. The van der Waals surface area contributed by atoms with E-state index in [4.69, 9.17) is 25.2 Å². The second-order valence-corrected chi connectivity index (χ2v) is 8.06. The van der Waals surface area contributed by atoms with Crippen molar-refractivity contribution in [3.8, 4) is 16.3 Å². The summed E-state index contributed by atoms with van der Waals surface area (Å²) in [5.41, 5.74) is 1.79. The molecule has 2 unspecified atom stereocenters. The zero-order valence-corrected chi connectivity index (χ0v) is 19.5. The average molecular weight is 514 g/mol. The van der Waals surface area contributed by atoms with Gasteiger partial charge in [0.25, 0.3) is 0 Å². The number of aromatic nitrogens is 4. The van der Waals surface area contributed by atoms with Gasteiger partial charge in [-0.1, -0.05) is 12.1 Å². The third kappa shape index (κ3) is 7.87. The van der Waals surface area contributed by atoms with Crippen molar-refractivity contribution in [2.75, 3.05) is 11.9 Å². The van der Waals surface area contributed by atoms with Gasteiger partial charge in [-0.3, -0.25) is 0 Å². The normalized spacial score (nSPS) is 12.1. The Kier molecular flexibility index (Phi) is 9.45. The highest BCUT2D eigenvalue weighted by atomic mass is 32.1. The molecule has 0 saturated heterocycles. The molecule has 36 heavy (non-hydrogen) atoms. The van der Waals surface area contributed by atoms with Crippen molar-refractivity contribution in [3.63, 3.8) is 0 Å². The Morgan fingerprint density at radius 1 is 1.06 bits per heavy atom. The van der Waals surface area contributed by atoms with E-state index in [9.17, 15) is 9.59 Å². The van der Waals surface area contributed by atoms with Crippen molar-refractivity contribution >= 4 is 34.9 Å². The molecule has 3 aromatic heterocycles. The van der Waals surface area contributed by atoms with E-state index < -0.39 is 24.1 Å². The van der Waals surface area contributed by atoms with Gasteiger partial charge in [-0.05, 0) is 29.6 Å². The number of ether oxygens (including phenoxy) is 1. The molecule has 0 fully saturated rings. The van der Waals surface area contributed by atoms with Crippen molar-refractivity contribution < 1.29 is 34.8 Å². The predicted octanol–water partition coefficient (Wildman–Crippen LogP) is 2.10. The average Bonchev–Trinajstić information content (AvgIpc) is 3.59. The molecule has 0 aliphatic rings. The van der Waals surface area contributed by atoms with Crippen LogP contribution in [0.4, 0.5) is 11.6 Å². The highest BCUT2D eigenvalue weighted by molar-refractivity contribution is 7.13. The maximum absolute atomic E-state index is 9.77. The number of carboxylic acid groups (broad SMARTS) is 2. The Bertz CT molecular complexity index is 1230.